The van der Waals surface area contributed by atoms with Crippen LogP contribution < -0.4 is 0 Å². The van der Waals surface area contributed by atoms with E-state index in [9.17, 15) is 21.9 Å². The number of aryl methyl sites for hydroxylation is 1. The molecule has 0 aliphatic rings. The summed E-state index contributed by atoms with van der Waals surface area (Å²) in [5.41, 5.74) is 1.15. The van der Waals surface area contributed by atoms with Gasteiger partial charge in [0.1, 0.15) is 0 Å². The van der Waals surface area contributed by atoms with Crippen LogP contribution in [-0.2, 0) is 32.6 Å². The zero-order chi connectivity index (χ0) is 16.5. The molecule has 2 aromatic carbocycles. The van der Waals surface area contributed by atoms with Crippen LogP contribution in [0.15, 0.2) is 47.4 Å². The smallest absolute Gasteiger partial charge is 0.416 e. The molecule has 0 amide bonds. The first-order valence-electron chi connectivity index (χ1n) is 6.29. The molecule has 0 heterocycles. The number of hydrogen-bond acceptors (Lipinski definition) is 3. The lowest BCUT2D eigenvalue weighted by Crippen LogP contribution is -2.06. The van der Waals surface area contributed by atoms with Gasteiger partial charge in [0.05, 0.1) is 5.56 Å². The van der Waals surface area contributed by atoms with E-state index in [4.69, 9.17) is 0 Å². The van der Waals surface area contributed by atoms with E-state index in [2.05, 4.69) is 11.2 Å². The summed E-state index contributed by atoms with van der Waals surface area (Å²) in [6, 6.07) is 9.38. The van der Waals surface area contributed by atoms with E-state index in [0.29, 0.717) is 11.1 Å². The van der Waals surface area contributed by atoms with Crippen LogP contribution in [0.1, 0.15) is 22.3 Å². The lowest BCUT2D eigenvalue weighted by atomic mass is 9.99. The minimum atomic E-state index is -4.41. The summed E-state index contributed by atoms with van der Waals surface area (Å²) in [5, 5.41) is 0. The van der Waals surface area contributed by atoms with Crippen molar-refractivity contribution in [3.63, 3.8) is 0 Å². The molecule has 2 aromatic rings. The maximum Gasteiger partial charge on any atom is 0.416 e. The van der Waals surface area contributed by atoms with Crippen LogP contribution in [0, 0.1) is 6.92 Å². The van der Waals surface area contributed by atoms with Crippen molar-refractivity contribution in [3.05, 3.63) is 64.7 Å². The van der Waals surface area contributed by atoms with Crippen LogP contribution >= 0.6 is 0 Å². The fourth-order valence-corrected chi connectivity index (χ4v) is 2.90. The first-order chi connectivity index (χ1) is 10.1. The van der Waals surface area contributed by atoms with E-state index in [1.54, 1.807) is 19.1 Å². The highest BCUT2D eigenvalue weighted by molar-refractivity contribution is 8.29. The summed E-state index contributed by atoms with van der Waals surface area (Å²) in [5.74, 6) is 0. The van der Waals surface area contributed by atoms with Crippen LogP contribution in [0.5, 0.6) is 0 Å². The Morgan fingerprint density at radius 2 is 1.86 bits per heavy atom. The molecule has 0 aliphatic carbocycles. The minimum absolute atomic E-state index is 0.0184. The van der Waals surface area contributed by atoms with Crippen molar-refractivity contribution in [3.8, 4) is 0 Å². The average molecular weight is 345 g/mol. The summed E-state index contributed by atoms with van der Waals surface area (Å²) in [6.07, 6.45) is -4.20. The Bertz CT molecular complexity index is 797. The second-order valence-electron chi connectivity index (χ2n) is 4.92. The van der Waals surface area contributed by atoms with Gasteiger partial charge in [-0.3, -0.25) is 4.21 Å². The fourth-order valence-electron chi connectivity index (χ4n) is 2.07. The largest absolute Gasteiger partial charge is 0.766 e. The SMILES string of the molecule is Cc1ccc(S(=O)([O-])=S)cc1Cc1cccc(C(F)(F)F)c1. The molecule has 0 spiro atoms. The Balaban J connectivity index is 2.39. The highest BCUT2D eigenvalue weighted by atomic mass is 32.8. The third-order valence-corrected chi connectivity index (χ3v) is 4.67. The lowest BCUT2D eigenvalue weighted by Gasteiger charge is -2.14. The number of rotatable bonds is 3. The lowest BCUT2D eigenvalue weighted by molar-refractivity contribution is -0.137. The second-order valence-corrected chi connectivity index (χ2v) is 7.61. The van der Waals surface area contributed by atoms with Crippen molar-refractivity contribution in [1.29, 1.82) is 0 Å². The third kappa shape index (κ3) is 4.06. The molecule has 0 aromatic heterocycles. The minimum Gasteiger partial charge on any atom is -0.766 e. The van der Waals surface area contributed by atoms with Crippen LogP contribution in [-0.4, -0.2) is 8.76 Å². The van der Waals surface area contributed by atoms with Crippen LogP contribution in [0.2, 0.25) is 0 Å². The summed E-state index contributed by atoms with van der Waals surface area (Å²) < 4.78 is 60.9. The van der Waals surface area contributed by atoms with Gasteiger partial charge in [-0.15, -0.1) is 0 Å². The highest BCUT2D eigenvalue weighted by Gasteiger charge is 2.30. The Labute approximate surface area is 131 Å². The van der Waals surface area contributed by atoms with Gasteiger partial charge in [-0.1, -0.05) is 24.3 Å². The molecule has 0 bridgehead atoms. The first-order valence-corrected chi connectivity index (χ1v) is 8.70. The monoisotopic (exact) mass is 345 g/mol. The summed E-state index contributed by atoms with van der Waals surface area (Å²) >= 11 is 4.41. The summed E-state index contributed by atoms with van der Waals surface area (Å²) in [4.78, 5) is -0.0184. The standard InChI is InChI=1S/C15H13F3O2S2/c1-10-5-6-14(22(19,20)21)9-12(10)7-11-3-2-4-13(8-11)15(16,17)18/h2-6,8-9H,7H2,1H3,(H,19,20,21)/p-1. The van der Waals surface area contributed by atoms with Gasteiger partial charge in [0.25, 0.3) is 0 Å². The van der Waals surface area contributed by atoms with Crippen molar-refractivity contribution in [1.82, 2.24) is 0 Å². The highest BCUT2D eigenvalue weighted by Crippen LogP contribution is 2.30. The molecule has 0 saturated carbocycles. The van der Waals surface area contributed by atoms with Crippen LogP contribution in [0.25, 0.3) is 0 Å². The number of halogens is 3. The summed E-state index contributed by atoms with van der Waals surface area (Å²) in [6.45, 7) is 1.77. The predicted octanol–water partition coefficient (Wildman–Crippen LogP) is 3.84. The zero-order valence-electron chi connectivity index (χ0n) is 11.5. The number of benzene rings is 2. The van der Waals surface area contributed by atoms with Crippen molar-refractivity contribution in [2.24, 2.45) is 0 Å². The van der Waals surface area contributed by atoms with Gasteiger partial charge >= 0.3 is 6.18 Å². The molecule has 0 N–H and O–H groups in total. The molecule has 0 fully saturated rings. The van der Waals surface area contributed by atoms with Gasteiger partial charge in [-0.05, 0) is 68.2 Å². The van der Waals surface area contributed by atoms with Crippen LogP contribution in [0.4, 0.5) is 13.2 Å². The molecule has 1 unspecified atom stereocenters. The Hall–Kier alpha value is -1.44. The summed E-state index contributed by atoms with van der Waals surface area (Å²) in [7, 11) is -3.76. The Morgan fingerprint density at radius 3 is 2.45 bits per heavy atom. The van der Waals surface area contributed by atoms with Crippen LogP contribution in [0.3, 0.4) is 0 Å². The Morgan fingerprint density at radius 1 is 1.18 bits per heavy atom. The van der Waals surface area contributed by atoms with E-state index in [0.717, 1.165) is 17.7 Å². The topological polar surface area (TPSA) is 40.1 Å². The molecule has 0 saturated heterocycles. The molecule has 0 aliphatic heterocycles. The second kappa shape index (κ2) is 5.98. The molecule has 0 radical (unpaired) electrons. The Kier molecular flexibility index (Phi) is 4.60. The normalized spacial score (nSPS) is 14.6. The third-order valence-electron chi connectivity index (χ3n) is 3.26. The molecule has 2 nitrogen and oxygen atoms in total. The van der Waals surface area contributed by atoms with Crippen molar-refractivity contribution >= 4 is 20.0 Å². The quantitative estimate of drug-likeness (QED) is 0.849. The predicted molar refractivity (Wildman–Crippen MR) is 80.0 cm³/mol. The molecular weight excluding hydrogens is 333 g/mol. The first kappa shape index (κ1) is 16.9. The van der Waals surface area contributed by atoms with Gasteiger partial charge < -0.3 is 4.55 Å². The van der Waals surface area contributed by atoms with Crippen molar-refractivity contribution in [2.75, 3.05) is 0 Å². The fraction of sp³-hybridized carbons (Fsp3) is 0.200. The molecule has 22 heavy (non-hydrogen) atoms. The molecular formula is C15H12F3O2S2-. The van der Waals surface area contributed by atoms with E-state index >= 15 is 0 Å². The molecule has 118 valence electrons. The van der Waals surface area contributed by atoms with Crippen molar-refractivity contribution < 1.29 is 21.9 Å². The average Bonchev–Trinajstić information content (AvgIpc) is 2.39. The maximum absolute atomic E-state index is 12.7. The van der Waals surface area contributed by atoms with Gasteiger partial charge in [-0.2, -0.15) is 13.2 Å². The van der Waals surface area contributed by atoms with Gasteiger partial charge in [0.15, 0.2) is 0 Å². The van der Waals surface area contributed by atoms with E-state index in [1.807, 2.05) is 0 Å². The molecule has 1 atom stereocenters. The number of alkyl halides is 3. The molecule has 7 heteroatoms. The van der Waals surface area contributed by atoms with Gasteiger partial charge in [-0.25, -0.2) is 0 Å². The van der Waals surface area contributed by atoms with E-state index in [-0.39, 0.29) is 11.3 Å². The van der Waals surface area contributed by atoms with E-state index < -0.39 is 20.5 Å². The van der Waals surface area contributed by atoms with Gasteiger partial charge in [0, 0.05) is 4.90 Å². The van der Waals surface area contributed by atoms with Crippen molar-refractivity contribution in [2.45, 2.75) is 24.4 Å². The van der Waals surface area contributed by atoms with Gasteiger partial charge in [0.2, 0.25) is 0 Å². The van der Waals surface area contributed by atoms with E-state index in [1.165, 1.54) is 18.2 Å². The maximum atomic E-state index is 12.7. The molecule has 2 rings (SSSR count). The number of hydrogen-bond donors (Lipinski definition) is 0. The zero-order valence-corrected chi connectivity index (χ0v) is 13.1.